The highest BCUT2D eigenvalue weighted by Gasteiger charge is 2.34. The number of rotatable bonds is 8. The van der Waals surface area contributed by atoms with Crippen LogP contribution in [0.25, 0.3) is 0 Å². The van der Waals surface area contributed by atoms with Crippen LogP contribution in [0.4, 0.5) is 0 Å². The Morgan fingerprint density at radius 2 is 1.86 bits per heavy atom. The van der Waals surface area contributed by atoms with Gasteiger partial charge in [0.25, 0.3) is 0 Å². The molecule has 1 N–H and O–H groups in total. The fourth-order valence-electron chi connectivity index (χ4n) is 2.74. The Hall–Kier alpha value is -1.37. The normalized spacial score (nSPS) is 15.7. The number of benzene rings is 1. The van der Waals surface area contributed by atoms with Crippen molar-refractivity contribution >= 4 is 0 Å². The predicted octanol–water partition coefficient (Wildman–Crippen LogP) is 3.52. The van der Waals surface area contributed by atoms with Crippen molar-refractivity contribution in [3.05, 3.63) is 35.9 Å². The summed E-state index contributed by atoms with van der Waals surface area (Å²) in [7, 11) is 2.11. The van der Waals surface area contributed by atoms with Crippen molar-refractivity contribution < 1.29 is 0 Å². The van der Waals surface area contributed by atoms with Crippen molar-refractivity contribution in [1.82, 2.24) is 10.2 Å². The first-order chi connectivity index (χ1) is 9.95. The zero-order valence-corrected chi connectivity index (χ0v) is 14.1. The number of hydrogen-bond donors (Lipinski definition) is 1. The Kier molecular flexibility index (Phi) is 6.87. The van der Waals surface area contributed by atoms with E-state index in [4.69, 9.17) is 0 Å². The second-order valence-electron chi connectivity index (χ2n) is 6.24. The van der Waals surface area contributed by atoms with E-state index >= 15 is 0 Å². The highest BCUT2D eigenvalue weighted by molar-refractivity contribution is 5.32. The summed E-state index contributed by atoms with van der Waals surface area (Å²) in [6.07, 6.45) is 2.31. The van der Waals surface area contributed by atoms with Gasteiger partial charge >= 0.3 is 0 Å². The fraction of sp³-hybridized carbons (Fsp3) is 0.611. The zero-order valence-electron chi connectivity index (χ0n) is 14.1. The van der Waals surface area contributed by atoms with Crippen molar-refractivity contribution in [2.24, 2.45) is 0 Å². The van der Waals surface area contributed by atoms with Crippen LogP contribution in [0.5, 0.6) is 0 Å². The van der Waals surface area contributed by atoms with E-state index in [0.29, 0.717) is 12.6 Å². The molecule has 0 bridgehead atoms. The van der Waals surface area contributed by atoms with E-state index in [1.807, 2.05) is 30.3 Å². The summed E-state index contributed by atoms with van der Waals surface area (Å²) in [4.78, 5) is 2.29. The molecule has 1 aromatic rings. The molecule has 0 radical (unpaired) electrons. The second-order valence-corrected chi connectivity index (χ2v) is 6.24. The SMILES string of the molecule is CCCC(C)N(C)CC(C#N)(NC(C)C)c1ccccc1. The molecule has 0 amide bonds. The fourth-order valence-corrected chi connectivity index (χ4v) is 2.74. The summed E-state index contributed by atoms with van der Waals surface area (Å²) in [6.45, 7) is 9.29. The highest BCUT2D eigenvalue weighted by Crippen LogP contribution is 2.24. The first-order valence-corrected chi connectivity index (χ1v) is 7.90. The van der Waals surface area contributed by atoms with Gasteiger partial charge in [-0.15, -0.1) is 0 Å². The molecular weight excluding hydrogens is 258 g/mol. The van der Waals surface area contributed by atoms with Gasteiger partial charge in [0, 0.05) is 18.6 Å². The van der Waals surface area contributed by atoms with Gasteiger partial charge in [-0.05, 0) is 39.8 Å². The topological polar surface area (TPSA) is 39.1 Å². The molecule has 2 unspecified atom stereocenters. The molecule has 0 spiro atoms. The lowest BCUT2D eigenvalue weighted by atomic mass is 9.89. The van der Waals surface area contributed by atoms with Crippen molar-refractivity contribution in [2.75, 3.05) is 13.6 Å². The van der Waals surface area contributed by atoms with Gasteiger partial charge in [0.1, 0.15) is 5.54 Å². The number of nitrogens with zero attached hydrogens (tertiary/aromatic N) is 2. The maximum Gasteiger partial charge on any atom is 0.145 e. The van der Waals surface area contributed by atoms with Crippen molar-refractivity contribution in [2.45, 2.75) is 58.2 Å². The minimum Gasteiger partial charge on any atom is -0.300 e. The summed E-state index contributed by atoms with van der Waals surface area (Å²) in [5, 5.41) is 13.4. The first kappa shape index (κ1) is 17.7. The van der Waals surface area contributed by atoms with Crippen LogP contribution in [0.2, 0.25) is 0 Å². The van der Waals surface area contributed by atoms with Gasteiger partial charge in [0.15, 0.2) is 0 Å². The molecule has 0 saturated carbocycles. The van der Waals surface area contributed by atoms with Crippen LogP contribution >= 0.6 is 0 Å². The summed E-state index contributed by atoms with van der Waals surface area (Å²) in [6, 6.07) is 13.3. The van der Waals surface area contributed by atoms with Gasteiger partial charge in [0.05, 0.1) is 6.07 Å². The average molecular weight is 287 g/mol. The molecule has 0 saturated heterocycles. The van der Waals surface area contributed by atoms with E-state index in [0.717, 1.165) is 18.4 Å². The lowest BCUT2D eigenvalue weighted by Gasteiger charge is -2.36. The predicted molar refractivity (Wildman–Crippen MR) is 89.0 cm³/mol. The number of nitrogens with one attached hydrogen (secondary N) is 1. The van der Waals surface area contributed by atoms with Gasteiger partial charge < -0.3 is 4.90 Å². The van der Waals surface area contributed by atoms with Gasteiger partial charge in [-0.1, -0.05) is 43.7 Å². The Labute approximate surface area is 130 Å². The zero-order chi connectivity index (χ0) is 15.9. The van der Waals surface area contributed by atoms with E-state index in [1.54, 1.807) is 0 Å². The summed E-state index contributed by atoms with van der Waals surface area (Å²) >= 11 is 0. The number of hydrogen-bond acceptors (Lipinski definition) is 3. The molecule has 3 nitrogen and oxygen atoms in total. The molecule has 0 aliphatic carbocycles. The van der Waals surface area contributed by atoms with Gasteiger partial charge in [-0.2, -0.15) is 5.26 Å². The molecule has 2 atom stereocenters. The third-order valence-corrected chi connectivity index (χ3v) is 3.94. The Bertz CT molecular complexity index is 449. The number of likely N-dealkylation sites (N-methyl/N-ethyl adjacent to an activating group) is 1. The molecular formula is C18H29N3. The molecule has 0 fully saturated rings. The summed E-state index contributed by atoms with van der Waals surface area (Å²) < 4.78 is 0. The smallest absolute Gasteiger partial charge is 0.145 e. The Morgan fingerprint density at radius 1 is 1.24 bits per heavy atom. The van der Waals surface area contributed by atoms with Crippen LogP contribution in [0, 0.1) is 11.3 Å². The van der Waals surface area contributed by atoms with Crippen LogP contribution in [0.3, 0.4) is 0 Å². The average Bonchev–Trinajstić information content (AvgIpc) is 2.47. The van der Waals surface area contributed by atoms with Crippen LogP contribution in [0.15, 0.2) is 30.3 Å². The molecule has 1 rings (SSSR count). The molecule has 0 aliphatic heterocycles. The number of nitriles is 1. The van der Waals surface area contributed by atoms with Crippen molar-refractivity contribution in [3.8, 4) is 6.07 Å². The maximum atomic E-state index is 9.90. The van der Waals surface area contributed by atoms with Gasteiger partial charge in [0.2, 0.25) is 0 Å². The lowest BCUT2D eigenvalue weighted by molar-refractivity contribution is 0.186. The molecule has 1 aromatic carbocycles. The van der Waals surface area contributed by atoms with E-state index in [2.05, 4.69) is 51.0 Å². The van der Waals surface area contributed by atoms with Crippen LogP contribution in [-0.4, -0.2) is 30.6 Å². The molecule has 0 aliphatic rings. The third-order valence-electron chi connectivity index (χ3n) is 3.94. The summed E-state index contributed by atoms with van der Waals surface area (Å²) in [5.74, 6) is 0. The van der Waals surface area contributed by atoms with Crippen LogP contribution < -0.4 is 5.32 Å². The Balaban J connectivity index is 3.05. The Morgan fingerprint density at radius 3 is 2.33 bits per heavy atom. The second kappa shape index (κ2) is 8.17. The third kappa shape index (κ3) is 4.84. The van der Waals surface area contributed by atoms with E-state index in [9.17, 15) is 5.26 Å². The maximum absolute atomic E-state index is 9.90. The summed E-state index contributed by atoms with van der Waals surface area (Å²) in [5.41, 5.74) is 0.378. The molecule has 21 heavy (non-hydrogen) atoms. The minimum atomic E-state index is -0.661. The highest BCUT2D eigenvalue weighted by atomic mass is 15.2. The molecule has 116 valence electrons. The van der Waals surface area contributed by atoms with Crippen molar-refractivity contribution in [1.29, 1.82) is 5.26 Å². The van der Waals surface area contributed by atoms with Crippen LogP contribution in [-0.2, 0) is 5.54 Å². The standard InChI is InChI=1S/C18H29N3/c1-6-10-16(4)21(5)14-18(13-19,20-15(2)3)17-11-8-7-9-12-17/h7-9,11-12,15-16,20H,6,10,14H2,1-5H3. The van der Waals surface area contributed by atoms with Gasteiger partial charge in [-0.3, -0.25) is 5.32 Å². The minimum absolute atomic E-state index is 0.250. The van der Waals surface area contributed by atoms with Crippen molar-refractivity contribution in [3.63, 3.8) is 0 Å². The largest absolute Gasteiger partial charge is 0.300 e. The van der Waals surface area contributed by atoms with E-state index in [-0.39, 0.29) is 6.04 Å². The van der Waals surface area contributed by atoms with Crippen LogP contribution in [0.1, 0.15) is 46.1 Å². The molecule has 0 heterocycles. The van der Waals surface area contributed by atoms with E-state index in [1.165, 1.54) is 0 Å². The molecule has 0 aromatic heterocycles. The lowest BCUT2D eigenvalue weighted by Crippen LogP contribution is -2.53. The monoisotopic (exact) mass is 287 g/mol. The van der Waals surface area contributed by atoms with Gasteiger partial charge in [-0.25, -0.2) is 0 Å². The molecule has 3 heteroatoms. The first-order valence-electron chi connectivity index (χ1n) is 7.90. The quantitative estimate of drug-likeness (QED) is 0.795. The van der Waals surface area contributed by atoms with E-state index < -0.39 is 5.54 Å².